The van der Waals surface area contributed by atoms with Crippen molar-refractivity contribution in [3.63, 3.8) is 0 Å². The number of ketones is 1. The van der Waals surface area contributed by atoms with E-state index in [2.05, 4.69) is 5.32 Å². The molecule has 1 aliphatic rings. The van der Waals surface area contributed by atoms with E-state index >= 15 is 0 Å². The molecule has 1 aliphatic heterocycles. The largest absolute Gasteiger partial charge is 0.496 e. The van der Waals surface area contributed by atoms with Crippen molar-refractivity contribution in [1.82, 2.24) is 9.62 Å². The summed E-state index contributed by atoms with van der Waals surface area (Å²) in [6.07, 6.45) is 4.74. The van der Waals surface area contributed by atoms with Gasteiger partial charge in [-0.2, -0.15) is 4.31 Å². The molecule has 0 spiro atoms. The third kappa shape index (κ3) is 6.90. The van der Waals surface area contributed by atoms with Gasteiger partial charge in [-0.3, -0.25) is 9.59 Å². The standard InChI is InChI=1S/C26H34N2O5S/c1-20-7-13-25(33-2)23(19-20)24(29)12-14-26(30)27-16-15-21-8-10-22(11-9-21)34(31,32)28-17-5-3-4-6-18-28/h7-11,13,19H,3-6,12,14-18H2,1-2H3,(H,27,30). The summed E-state index contributed by atoms with van der Waals surface area (Å²) >= 11 is 0. The number of hydrogen-bond acceptors (Lipinski definition) is 5. The van der Waals surface area contributed by atoms with Gasteiger partial charge in [0.2, 0.25) is 15.9 Å². The van der Waals surface area contributed by atoms with E-state index in [0.29, 0.717) is 42.3 Å². The summed E-state index contributed by atoms with van der Waals surface area (Å²) in [6.45, 7) is 3.48. The molecule has 1 saturated heterocycles. The summed E-state index contributed by atoms with van der Waals surface area (Å²) in [5.74, 6) is 0.189. The smallest absolute Gasteiger partial charge is 0.243 e. The van der Waals surface area contributed by atoms with Gasteiger partial charge in [0.05, 0.1) is 17.6 Å². The first-order chi connectivity index (χ1) is 16.3. The molecule has 0 bridgehead atoms. The number of amides is 1. The van der Waals surface area contributed by atoms with Gasteiger partial charge in [0, 0.05) is 32.5 Å². The van der Waals surface area contributed by atoms with Crippen LogP contribution in [0.3, 0.4) is 0 Å². The number of aryl methyl sites for hydroxylation is 1. The summed E-state index contributed by atoms with van der Waals surface area (Å²) in [6, 6.07) is 12.3. The second-order valence-corrected chi connectivity index (χ2v) is 10.6. The molecule has 1 N–H and O–H groups in total. The summed E-state index contributed by atoms with van der Waals surface area (Å²) in [5, 5.41) is 2.83. The minimum Gasteiger partial charge on any atom is -0.496 e. The molecule has 3 rings (SSSR count). The van der Waals surface area contributed by atoms with Crippen LogP contribution in [0.5, 0.6) is 5.75 Å². The van der Waals surface area contributed by atoms with E-state index in [0.717, 1.165) is 36.8 Å². The molecular formula is C26H34N2O5S. The number of methoxy groups -OCH3 is 1. The quantitative estimate of drug-likeness (QED) is 0.515. The Balaban J connectivity index is 1.46. The minimum atomic E-state index is -3.46. The number of hydrogen-bond donors (Lipinski definition) is 1. The van der Waals surface area contributed by atoms with Crippen LogP contribution in [0.1, 0.15) is 60.0 Å². The fourth-order valence-electron chi connectivity index (χ4n) is 4.10. The molecule has 1 heterocycles. The van der Waals surface area contributed by atoms with Gasteiger partial charge in [-0.25, -0.2) is 8.42 Å². The monoisotopic (exact) mass is 486 g/mol. The Bertz CT molecular complexity index is 1090. The predicted octanol–water partition coefficient (Wildman–Crippen LogP) is 3.89. The summed E-state index contributed by atoms with van der Waals surface area (Å²) in [4.78, 5) is 25.0. The first kappa shape index (κ1) is 25.9. The number of sulfonamides is 1. The normalized spacial score (nSPS) is 14.9. The second-order valence-electron chi connectivity index (χ2n) is 8.69. The lowest BCUT2D eigenvalue weighted by atomic mass is 10.0. The molecule has 1 fully saturated rings. The summed E-state index contributed by atoms with van der Waals surface area (Å²) in [7, 11) is -1.94. The van der Waals surface area contributed by atoms with Crippen LogP contribution in [0, 0.1) is 6.92 Å². The number of carbonyl (C=O) groups excluding carboxylic acids is 2. The van der Waals surface area contributed by atoms with E-state index in [4.69, 9.17) is 4.74 Å². The van der Waals surface area contributed by atoms with Crippen LogP contribution >= 0.6 is 0 Å². The zero-order chi connectivity index (χ0) is 24.6. The Morgan fingerprint density at radius 2 is 1.65 bits per heavy atom. The first-order valence-electron chi connectivity index (χ1n) is 11.8. The average molecular weight is 487 g/mol. The molecule has 2 aromatic carbocycles. The fourth-order valence-corrected chi connectivity index (χ4v) is 5.61. The van der Waals surface area contributed by atoms with E-state index in [-0.39, 0.29) is 24.5 Å². The topological polar surface area (TPSA) is 92.8 Å². The van der Waals surface area contributed by atoms with Crippen molar-refractivity contribution in [3.05, 3.63) is 59.2 Å². The lowest BCUT2D eigenvalue weighted by molar-refractivity contribution is -0.121. The molecule has 0 aliphatic carbocycles. The maximum atomic E-state index is 12.9. The third-order valence-corrected chi connectivity index (χ3v) is 8.01. The van der Waals surface area contributed by atoms with Crippen molar-refractivity contribution in [2.45, 2.75) is 56.8 Å². The Morgan fingerprint density at radius 3 is 2.29 bits per heavy atom. The summed E-state index contributed by atoms with van der Waals surface area (Å²) < 4.78 is 32.6. The van der Waals surface area contributed by atoms with Crippen LogP contribution in [0.2, 0.25) is 0 Å². The Kier molecular flexibility index (Phi) is 9.24. The molecule has 184 valence electrons. The van der Waals surface area contributed by atoms with Crippen molar-refractivity contribution in [2.75, 3.05) is 26.7 Å². The van der Waals surface area contributed by atoms with Gasteiger partial charge >= 0.3 is 0 Å². The molecule has 8 heteroatoms. The number of nitrogens with one attached hydrogen (secondary N) is 1. The van der Waals surface area contributed by atoms with Crippen molar-refractivity contribution < 1.29 is 22.7 Å². The number of rotatable bonds is 10. The van der Waals surface area contributed by atoms with Crippen LogP contribution < -0.4 is 10.1 Å². The molecule has 7 nitrogen and oxygen atoms in total. The van der Waals surface area contributed by atoms with Crippen molar-refractivity contribution in [3.8, 4) is 5.75 Å². The molecule has 0 radical (unpaired) electrons. The van der Waals surface area contributed by atoms with Crippen LogP contribution in [-0.2, 0) is 21.2 Å². The highest BCUT2D eigenvalue weighted by Gasteiger charge is 2.24. The van der Waals surface area contributed by atoms with E-state index in [1.807, 2.05) is 13.0 Å². The zero-order valence-electron chi connectivity index (χ0n) is 20.0. The first-order valence-corrected chi connectivity index (χ1v) is 13.3. The Morgan fingerprint density at radius 1 is 0.971 bits per heavy atom. The number of benzene rings is 2. The second kappa shape index (κ2) is 12.1. The molecule has 0 saturated carbocycles. The van der Waals surface area contributed by atoms with E-state index in [1.165, 1.54) is 7.11 Å². The van der Waals surface area contributed by atoms with Crippen LogP contribution in [0.4, 0.5) is 0 Å². The minimum absolute atomic E-state index is 0.100. The zero-order valence-corrected chi connectivity index (χ0v) is 20.8. The van der Waals surface area contributed by atoms with Crippen LogP contribution in [0.15, 0.2) is 47.4 Å². The van der Waals surface area contributed by atoms with E-state index in [9.17, 15) is 18.0 Å². The highest BCUT2D eigenvalue weighted by atomic mass is 32.2. The van der Waals surface area contributed by atoms with Crippen molar-refractivity contribution in [1.29, 1.82) is 0 Å². The maximum Gasteiger partial charge on any atom is 0.243 e. The van der Waals surface area contributed by atoms with Crippen LogP contribution in [0.25, 0.3) is 0 Å². The van der Waals surface area contributed by atoms with Gasteiger partial charge in [-0.15, -0.1) is 0 Å². The van der Waals surface area contributed by atoms with Gasteiger partial charge in [0.25, 0.3) is 0 Å². The summed E-state index contributed by atoms with van der Waals surface area (Å²) in [5.41, 5.74) is 2.39. The third-order valence-electron chi connectivity index (χ3n) is 6.10. The molecule has 1 amide bonds. The molecule has 34 heavy (non-hydrogen) atoms. The molecule has 2 aromatic rings. The number of ether oxygens (including phenoxy) is 1. The van der Waals surface area contributed by atoms with Crippen molar-refractivity contribution >= 4 is 21.7 Å². The Labute approximate surface area is 202 Å². The highest BCUT2D eigenvalue weighted by Crippen LogP contribution is 2.22. The fraction of sp³-hybridized carbons (Fsp3) is 0.462. The van der Waals surface area contributed by atoms with Crippen molar-refractivity contribution in [2.24, 2.45) is 0 Å². The Hall–Kier alpha value is -2.71. The number of Topliss-reactive ketones (excluding diaryl/α,β-unsaturated/α-hetero) is 1. The van der Waals surface area contributed by atoms with Gasteiger partial charge in [-0.1, -0.05) is 36.6 Å². The van der Waals surface area contributed by atoms with E-state index < -0.39 is 10.0 Å². The maximum absolute atomic E-state index is 12.9. The predicted molar refractivity (Wildman–Crippen MR) is 132 cm³/mol. The highest BCUT2D eigenvalue weighted by molar-refractivity contribution is 7.89. The lowest BCUT2D eigenvalue weighted by Crippen LogP contribution is -2.31. The molecule has 0 atom stereocenters. The number of nitrogens with zero attached hydrogens (tertiary/aromatic N) is 1. The lowest BCUT2D eigenvalue weighted by Gasteiger charge is -2.20. The average Bonchev–Trinajstić information content (AvgIpc) is 3.13. The molecular weight excluding hydrogens is 452 g/mol. The number of carbonyl (C=O) groups is 2. The molecule has 0 aromatic heterocycles. The van der Waals surface area contributed by atoms with Gasteiger partial charge in [0.15, 0.2) is 5.78 Å². The SMILES string of the molecule is COc1ccc(C)cc1C(=O)CCC(=O)NCCc1ccc(S(=O)(=O)N2CCCCCC2)cc1. The van der Waals surface area contributed by atoms with Gasteiger partial charge in [-0.05, 0) is 56.0 Å². The molecule has 0 unspecified atom stereocenters. The van der Waals surface area contributed by atoms with Crippen LogP contribution in [-0.4, -0.2) is 51.2 Å². The van der Waals surface area contributed by atoms with Gasteiger partial charge < -0.3 is 10.1 Å². The van der Waals surface area contributed by atoms with E-state index in [1.54, 1.807) is 40.7 Å². The van der Waals surface area contributed by atoms with Gasteiger partial charge in [0.1, 0.15) is 5.75 Å².